The Morgan fingerprint density at radius 1 is 1.03 bits per heavy atom. The van der Waals surface area contributed by atoms with E-state index in [0.29, 0.717) is 30.2 Å². The Hall–Kier alpha value is -3.35. The van der Waals surface area contributed by atoms with Gasteiger partial charge in [0, 0.05) is 19.2 Å². The maximum Gasteiger partial charge on any atom is 0.331 e. The lowest BCUT2D eigenvalue weighted by atomic mass is 10.2. The zero-order chi connectivity index (χ0) is 21.2. The van der Waals surface area contributed by atoms with Crippen LogP contribution in [-0.2, 0) is 20.9 Å². The largest absolute Gasteiger partial charge is 0.493 e. The molecule has 2 aromatic carbocycles. The highest BCUT2D eigenvalue weighted by molar-refractivity contribution is 5.89. The number of nitrogens with zero attached hydrogens (tertiary/aromatic N) is 1. The van der Waals surface area contributed by atoms with E-state index in [1.165, 1.54) is 36.4 Å². The van der Waals surface area contributed by atoms with Crippen molar-refractivity contribution in [1.82, 2.24) is 4.90 Å². The fourth-order valence-corrected chi connectivity index (χ4v) is 2.59. The van der Waals surface area contributed by atoms with Crippen molar-refractivity contribution in [3.05, 3.63) is 65.5 Å². The smallest absolute Gasteiger partial charge is 0.331 e. The van der Waals surface area contributed by atoms with E-state index in [0.717, 1.165) is 5.56 Å². The predicted molar refractivity (Wildman–Crippen MR) is 107 cm³/mol. The quantitative estimate of drug-likeness (QED) is 0.476. The number of halogens is 1. The number of ether oxygens (including phenoxy) is 3. The number of hydrogen-bond acceptors (Lipinski definition) is 5. The second kappa shape index (κ2) is 10.8. The van der Waals surface area contributed by atoms with Crippen molar-refractivity contribution < 1.29 is 28.2 Å². The van der Waals surface area contributed by atoms with Crippen molar-refractivity contribution >= 4 is 18.0 Å². The summed E-state index contributed by atoms with van der Waals surface area (Å²) in [5.41, 5.74) is 1.51. The average Bonchev–Trinajstić information content (AvgIpc) is 2.75. The van der Waals surface area contributed by atoms with Crippen molar-refractivity contribution in [3.8, 4) is 11.5 Å². The second-order valence-corrected chi connectivity index (χ2v) is 6.09. The maximum absolute atomic E-state index is 12.9. The van der Waals surface area contributed by atoms with Gasteiger partial charge in [-0.2, -0.15) is 0 Å². The first-order valence-electron chi connectivity index (χ1n) is 9.06. The van der Waals surface area contributed by atoms with Crippen LogP contribution in [-0.4, -0.2) is 44.1 Å². The van der Waals surface area contributed by atoms with Gasteiger partial charge in [-0.15, -0.1) is 0 Å². The molecule has 0 saturated carbocycles. The molecule has 0 spiro atoms. The lowest BCUT2D eigenvalue weighted by Gasteiger charge is -2.21. The van der Waals surface area contributed by atoms with Crippen molar-refractivity contribution in [3.63, 3.8) is 0 Å². The standard InChI is InChI=1S/C22H24FNO5/c1-4-24(14-17-7-11-19(27-2)20(13-17)28-3)21(25)15-29-22(26)12-8-16-5-9-18(23)10-6-16/h5-13H,4,14-15H2,1-3H3/b12-8+. The van der Waals surface area contributed by atoms with Crippen LogP contribution in [0.4, 0.5) is 4.39 Å². The SMILES string of the molecule is CCN(Cc1ccc(OC)c(OC)c1)C(=O)COC(=O)/C=C/c1ccc(F)cc1. The third-order valence-electron chi connectivity index (χ3n) is 4.18. The molecule has 1 amide bonds. The normalized spacial score (nSPS) is 10.6. The van der Waals surface area contributed by atoms with Crippen LogP contribution in [0.25, 0.3) is 6.08 Å². The average molecular weight is 401 g/mol. The zero-order valence-corrected chi connectivity index (χ0v) is 16.7. The van der Waals surface area contributed by atoms with Gasteiger partial charge in [-0.3, -0.25) is 4.79 Å². The molecule has 0 N–H and O–H groups in total. The highest BCUT2D eigenvalue weighted by Crippen LogP contribution is 2.28. The molecule has 154 valence electrons. The minimum absolute atomic E-state index is 0.314. The van der Waals surface area contributed by atoms with Crippen LogP contribution in [0.5, 0.6) is 11.5 Å². The molecule has 0 aliphatic carbocycles. The Balaban J connectivity index is 1.90. The first-order valence-corrected chi connectivity index (χ1v) is 9.06. The highest BCUT2D eigenvalue weighted by atomic mass is 19.1. The van der Waals surface area contributed by atoms with E-state index < -0.39 is 5.97 Å². The van der Waals surface area contributed by atoms with Gasteiger partial charge < -0.3 is 19.1 Å². The molecule has 6 nitrogen and oxygen atoms in total. The Labute approximate surface area is 169 Å². The highest BCUT2D eigenvalue weighted by Gasteiger charge is 2.15. The number of amides is 1. The third kappa shape index (κ3) is 6.64. The molecule has 0 bridgehead atoms. The molecule has 0 radical (unpaired) electrons. The lowest BCUT2D eigenvalue weighted by Crippen LogP contribution is -2.34. The molecule has 0 unspecified atom stereocenters. The van der Waals surface area contributed by atoms with Gasteiger partial charge in [0.2, 0.25) is 0 Å². The Morgan fingerprint density at radius 3 is 2.34 bits per heavy atom. The molecule has 2 aromatic rings. The number of rotatable bonds is 9. The fourth-order valence-electron chi connectivity index (χ4n) is 2.59. The van der Waals surface area contributed by atoms with Gasteiger partial charge in [0.25, 0.3) is 5.91 Å². The van der Waals surface area contributed by atoms with E-state index in [-0.39, 0.29) is 18.3 Å². The molecule has 0 aliphatic rings. The van der Waals surface area contributed by atoms with E-state index in [1.54, 1.807) is 31.3 Å². The van der Waals surface area contributed by atoms with Crippen LogP contribution < -0.4 is 9.47 Å². The second-order valence-electron chi connectivity index (χ2n) is 6.09. The number of methoxy groups -OCH3 is 2. The van der Waals surface area contributed by atoms with Crippen molar-refractivity contribution in [2.24, 2.45) is 0 Å². The Morgan fingerprint density at radius 2 is 1.72 bits per heavy atom. The summed E-state index contributed by atoms with van der Waals surface area (Å²) in [6.45, 7) is 2.28. The summed E-state index contributed by atoms with van der Waals surface area (Å²) >= 11 is 0. The molecule has 0 aromatic heterocycles. The van der Waals surface area contributed by atoms with E-state index in [1.807, 2.05) is 13.0 Å². The minimum Gasteiger partial charge on any atom is -0.493 e. The Kier molecular flexibility index (Phi) is 8.21. The van der Waals surface area contributed by atoms with Crippen molar-refractivity contribution in [1.29, 1.82) is 0 Å². The van der Waals surface area contributed by atoms with Gasteiger partial charge in [-0.1, -0.05) is 18.2 Å². The van der Waals surface area contributed by atoms with E-state index in [4.69, 9.17) is 14.2 Å². The van der Waals surface area contributed by atoms with E-state index in [9.17, 15) is 14.0 Å². The number of esters is 1. The molecule has 0 saturated heterocycles. The summed E-state index contributed by atoms with van der Waals surface area (Å²) < 4.78 is 28.4. The number of hydrogen-bond donors (Lipinski definition) is 0. The lowest BCUT2D eigenvalue weighted by molar-refractivity contribution is -0.148. The summed E-state index contributed by atoms with van der Waals surface area (Å²) in [5, 5.41) is 0. The van der Waals surface area contributed by atoms with Gasteiger partial charge in [-0.25, -0.2) is 9.18 Å². The first kappa shape index (κ1) is 21.9. The maximum atomic E-state index is 12.9. The monoisotopic (exact) mass is 401 g/mol. The summed E-state index contributed by atoms with van der Waals surface area (Å²) in [6.07, 6.45) is 2.69. The van der Waals surface area contributed by atoms with Crippen molar-refractivity contribution in [2.45, 2.75) is 13.5 Å². The Bertz CT molecular complexity index is 864. The van der Waals surface area contributed by atoms with Gasteiger partial charge in [0.15, 0.2) is 18.1 Å². The topological polar surface area (TPSA) is 65.1 Å². The molecule has 29 heavy (non-hydrogen) atoms. The van der Waals surface area contributed by atoms with Gasteiger partial charge in [0.1, 0.15) is 5.82 Å². The molecule has 7 heteroatoms. The molecule has 0 aliphatic heterocycles. The molecular formula is C22H24FNO5. The van der Waals surface area contributed by atoms with Crippen LogP contribution in [0, 0.1) is 5.82 Å². The minimum atomic E-state index is -0.648. The molecule has 0 fully saturated rings. The molecule has 0 heterocycles. The third-order valence-corrected chi connectivity index (χ3v) is 4.18. The summed E-state index contributed by atoms with van der Waals surface area (Å²) in [6, 6.07) is 11.1. The fraction of sp³-hybridized carbons (Fsp3) is 0.273. The van der Waals surface area contributed by atoms with E-state index >= 15 is 0 Å². The first-order chi connectivity index (χ1) is 14.0. The van der Waals surface area contributed by atoms with E-state index in [2.05, 4.69) is 0 Å². The number of carbonyl (C=O) groups excluding carboxylic acids is 2. The van der Waals surface area contributed by atoms with Crippen LogP contribution >= 0.6 is 0 Å². The van der Waals surface area contributed by atoms with Crippen LogP contribution in [0.3, 0.4) is 0 Å². The summed E-state index contributed by atoms with van der Waals surface area (Å²) in [7, 11) is 3.10. The predicted octanol–water partition coefficient (Wildman–Crippen LogP) is 3.45. The van der Waals surface area contributed by atoms with Crippen LogP contribution in [0.2, 0.25) is 0 Å². The molecule has 0 atom stereocenters. The van der Waals surface area contributed by atoms with Crippen molar-refractivity contribution in [2.75, 3.05) is 27.4 Å². The summed E-state index contributed by atoms with van der Waals surface area (Å²) in [5.74, 6) is -0.140. The zero-order valence-electron chi connectivity index (χ0n) is 16.7. The van der Waals surface area contributed by atoms with Gasteiger partial charge in [0.05, 0.1) is 14.2 Å². The summed E-state index contributed by atoms with van der Waals surface area (Å²) in [4.78, 5) is 25.8. The number of carbonyl (C=O) groups is 2. The molecular weight excluding hydrogens is 377 g/mol. The van der Waals surface area contributed by atoms with Crippen LogP contribution in [0.15, 0.2) is 48.5 Å². The van der Waals surface area contributed by atoms with Gasteiger partial charge >= 0.3 is 5.97 Å². The number of likely N-dealkylation sites (N-methyl/N-ethyl adjacent to an activating group) is 1. The molecule has 2 rings (SSSR count). The number of benzene rings is 2. The van der Waals surface area contributed by atoms with Gasteiger partial charge in [-0.05, 0) is 48.4 Å². The van der Waals surface area contributed by atoms with Crippen LogP contribution in [0.1, 0.15) is 18.1 Å².